The molecule has 3 N–H and O–H groups in total. The van der Waals surface area contributed by atoms with Crippen LogP contribution in [-0.2, 0) is 0 Å². The Morgan fingerprint density at radius 1 is 1.47 bits per heavy atom. The van der Waals surface area contributed by atoms with E-state index in [4.69, 9.17) is 5.11 Å². The van der Waals surface area contributed by atoms with Crippen LogP contribution in [0.5, 0.6) is 5.75 Å². The normalized spacial score (nSPS) is 9.93. The lowest BCUT2D eigenvalue weighted by Crippen LogP contribution is -2.03. The fourth-order valence-electron chi connectivity index (χ4n) is 1.21. The van der Waals surface area contributed by atoms with E-state index in [0.29, 0.717) is 5.69 Å². The summed E-state index contributed by atoms with van der Waals surface area (Å²) in [4.78, 5) is 10.7. The first kappa shape index (κ1) is 11.4. The first-order chi connectivity index (χ1) is 7.15. The molecule has 0 unspecified atom stereocenters. The predicted molar refractivity (Wildman–Crippen MR) is 58.5 cm³/mol. The number of carboxylic acid groups (broad SMARTS) is 1. The van der Waals surface area contributed by atoms with Gasteiger partial charge < -0.3 is 15.5 Å². The van der Waals surface area contributed by atoms with Gasteiger partial charge in [0.2, 0.25) is 0 Å². The monoisotopic (exact) mass is 209 g/mol. The number of hydrogen-bond acceptors (Lipinski definition) is 3. The molecule has 0 spiro atoms. The van der Waals surface area contributed by atoms with Crippen LogP contribution in [0.4, 0.5) is 5.69 Å². The first-order valence-corrected chi connectivity index (χ1v) is 4.95. The molecule has 4 heteroatoms. The van der Waals surface area contributed by atoms with E-state index in [1.54, 1.807) is 0 Å². The van der Waals surface area contributed by atoms with Crippen LogP contribution in [0.1, 0.15) is 30.1 Å². The van der Waals surface area contributed by atoms with Crippen molar-refractivity contribution in [2.75, 3.05) is 11.9 Å². The molecular weight excluding hydrogens is 194 g/mol. The number of aromatic hydroxyl groups is 1. The van der Waals surface area contributed by atoms with E-state index in [1.165, 1.54) is 18.2 Å². The Hall–Kier alpha value is -1.71. The number of carboxylic acids is 1. The Morgan fingerprint density at radius 2 is 2.20 bits per heavy atom. The molecule has 0 saturated carbocycles. The summed E-state index contributed by atoms with van der Waals surface area (Å²) in [6.07, 6.45) is 2.03. The summed E-state index contributed by atoms with van der Waals surface area (Å²) in [6.45, 7) is 2.79. The highest BCUT2D eigenvalue weighted by molar-refractivity contribution is 5.89. The van der Waals surface area contributed by atoms with Crippen molar-refractivity contribution in [3.8, 4) is 5.75 Å². The zero-order valence-corrected chi connectivity index (χ0v) is 8.66. The Labute approximate surface area is 88.6 Å². The average Bonchev–Trinajstić information content (AvgIpc) is 2.20. The summed E-state index contributed by atoms with van der Waals surface area (Å²) in [6, 6.07) is 4.20. The minimum atomic E-state index is -0.992. The molecule has 1 aromatic carbocycles. The molecule has 0 heterocycles. The van der Waals surface area contributed by atoms with E-state index in [-0.39, 0.29) is 11.3 Å². The number of unbranched alkanes of at least 4 members (excludes halogenated alkanes) is 1. The van der Waals surface area contributed by atoms with Crippen molar-refractivity contribution in [2.45, 2.75) is 19.8 Å². The number of aromatic carboxylic acids is 1. The molecule has 0 aromatic heterocycles. The third-order valence-corrected chi connectivity index (χ3v) is 2.09. The summed E-state index contributed by atoms with van der Waals surface area (Å²) in [5, 5.41) is 21.2. The van der Waals surface area contributed by atoms with Crippen molar-refractivity contribution < 1.29 is 15.0 Å². The zero-order valence-electron chi connectivity index (χ0n) is 8.66. The Balaban J connectivity index is 2.76. The second kappa shape index (κ2) is 5.24. The molecule has 0 bridgehead atoms. The summed E-state index contributed by atoms with van der Waals surface area (Å²) in [5.41, 5.74) is 0.648. The fraction of sp³-hybridized carbons (Fsp3) is 0.364. The van der Waals surface area contributed by atoms with Gasteiger partial charge in [0.1, 0.15) is 5.75 Å². The maximum absolute atomic E-state index is 10.7. The lowest BCUT2D eigenvalue weighted by molar-refractivity contribution is 0.0697. The predicted octanol–water partition coefficient (Wildman–Crippen LogP) is 2.30. The van der Waals surface area contributed by atoms with Crippen LogP contribution in [0.3, 0.4) is 0 Å². The first-order valence-electron chi connectivity index (χ1n) is 4.95. The number of hydrogen-bond donors (Lipinski definition) is 3. The molecule has 0 saturated heterocycles. The number of nitrogens with one attached hydrogen (secondary N) is 1. The second-order valence-corrected chi connectivity index (χ2v) is 3.32. The van der Waals surface area contributed by atoms with Gasteiger partial charge in [0.05, 0.1) is 11.3 Å². The third-order valence-electron chi connectivity index (χ3n) is 2.09. The van der Waals surface area contributed by atoms with Crippen LogP contribution < -0.4 is 5.32 Å². The van der Waals surface area contributed by atoms with Crippen molar-refractivity contribution in [3.63, 3.8) is 0 Å². The molecule has 4 nitrogen and oxygen atoms in total. The van der Waals surface area contributed by atoms with Crippen LogP contribution >= 0.6 is 0 Å². The largest absolute Gasteiger partial charge is 0.506 e. The molecule has 15 heavy (non-hydrogen) atoms. The molecule has 0 aliphatic heterocycles. The summed E-state index contributed by atoms with van der Waals surface area (Å²) in [7, 11) is 0. The molecular formula is C11H15NO3. The van der Waals surface area contributed by atoms with Gasteiger partial charge in [0.25, 0.3) is 0 Å². The van der Waals surface area contributed by atoms with Crippen molar-refractivity contribution >= 4 is 11.7 Å². The number of benzene rings is 1. The number of carbonyl (C=O) groups is 1. The standard InChI is InChI=1S/C11H15NO3/c1-2-3-6-12-9-7-8(11(14)15)4-5-10(9)13/h4-5,7,12-13H,2-3,6H2,1H3,(H,14,15). The summed E-state index contributed by atoms with van der Waals surface area (Å²) >= 11 is 0. The number of phenolic OH excluding ortho intramolecular Hbond substituents is 1. The second-order valence-electron chi connectivity index (χ2n) is 3.32. The van der Waals surface area contributed by atoms with Gasteiger partial charge in [0, 0.05) is 6.54 Å². The quantitative estimate of drug-likeness (QED) is 0.514. The zero-order chi connectivity index (χ0) is 11.3. The van der Waals surface area contributed by atoms with E-state index in [2.05, 4.69) is 12.2 Å². The smallest absolute Gasteiger partial charge is 0.335 e. The maximum atomic E-state index is 10.7. The highest BCUT2D eigenvalue weighted by atomic mass is 16.4. The van der Waals surface area contributed by atoms with Crippen LogP contribution in [-0.4, -0.2) is 22.7 Å². The van der Waals surface area contributed by atoms with Crippen LogP contribution in [0.25, 0.3) is 0 Å². The highest BCUT2D eigenvalue weighted by Gasteiger charge is 2.06. The summed E-state index contributed by atoms with van der Waals surface area (Å²) in [5.74, 6) is -0.912. The van der Waals surface area contributed by atoms with Crippen LogP contribution in [0.2, 0.25) is 0 Å². The Kier molecular flexibility index (Phi) is 3.97. The minimum Gasteiger partial charge on any atom is -0.506 e. The minimum absolute atomic E-state index is 0.0797. The Morgan fingerprint density at radius 3 is 2.80 bits per heavy atom. The van der Waals surface area contributed by atoms with Gasteiger partial charge in [-0.25, -0.2) is 4.79 Å². The van der Waals surface area contributed by atoms with Gasteiger partial charge in [0.15, 0.2) is 0 Å². The van der Waals surface area contributed by atoms with Crippen LogP contribution in [0, 0.1) is 0 Å². The molecule has 0 aliphatic rings. The van der Waals surface area contributed by atoms with Gasteiger partial charge >= 0.3 is 5.97 Å². The van der Waals surface area contributed by atoms with Gasteiger partial charge in [-0.2, -0.15) is 0 Å². The lowest BCUT2D eigenvalue weighted by atomic mass is 10.2. The number of anilines is 1. The highest BCUT2D eigenvalue weighted by Crippen LogP contribution is 2.24. The van der Waals surface area contributed by atoms with Crippen molar-refractivity contribution in [1.82, 2.24) is 0 Å². The number of phenols is 1. The lowest BCUT2D eigenvalue weighted by Gasteiger charge is -2.08. The summed E-state index contributed by atoms with van der Waals surface area (Å²) < 4.78 is 0. The van der Waals surface area contributed by atoms with Gasteiger partial charge in [-0.15, -0.1) is 0 Å². The van der Waals surface area contributed by atoms with E-state index < -0.39 is 5.97 Å². The SMILES string of the molecule is CCCCNc1cc(C(=O)O)ccc1O. The molecule has 0 amide bonds. The fourth-order valence-corrected chi connectivity index (χ4v) is 1.21. The maximum Gasteiger partial charge on any atom is 0.335 e. The molecule has 1 aromatic rings. The molecule has 82 valence electrons. The van der Waals surface area contributed by atoms with Gasteiger partial charge in [-0.1, -0.05) is 13.3 Å². The van der Waals surface area contributed by atoms with Gasteiger partial charge in [-0.3, -0.25) is 0 Å². The molecule has 1 rings (SSSR count). The third kappa shape index (κ3) is 3.16. The van der Waals surface area contributed by atoms with Gasteiger partial charge in [-0.05, 0) is 24.6 Å². The topological polar surface area (TPSA) is 69.6 Å². The van der Waals surface area contributed by atoms with E-state index in [1.807, 2.05) is 0 Å². The molecule has 0 fully saturated rings. The van der Waals surface area contributed by atoms with E-state index >= 15 is 0 Å². The Bertz CT molecular complexity index is 350. The van der Waals surface area contributed by atoms with E-state index in [9.17, 15) is 9.90 Å². The number of rotatable bonds is 5. The average molecular weight is 209 g/mol. The molecule has 0 atom stereocenters. The molecule has 0 radical (unpaired) electrons. The van der Waals surface area contributed by atoms with Crippen molar-refractivity contribution in [3.05, 3.63) is 23.8 Å². The van der Waals surface area contributed by atoms with Crippen molar-refractivity contribution in [1.29, 1.82) is 0 Å². The van der Waals surface area contributed by atoms with E-state index in [0.717, 1.165) is 19.4 Å². The van der Waals surface area contributed by atoms with Crippen molar-refractivity contribution in [2.24, 2.45) is 0 Å². The van der Waals surface area contributed by atoms with Crippen LogP contribution in [0.15, 0.2) is 18.2 Å². The molecule has 0 aliphatic carbocycles.